The lowest BCUT2D eigenvalue weighted by atomic mass is 10.2. The summed E-state index contributed by atoms with van der Waals surface area (Å²) in [6.45, 7) is 2.34. The van der Waals surface area contributed by atoms with Crippen molar-refractivity contribution in [3.63, 3.8) is 0 Å². The van der Waals surface area contributed by atoms with E-state index in [-0.39, 0.29) is 11.4 Å². The van der Waals surface area contributed by atoms with E-state index in [1.54, 1.807) is 42.5 Å². The lowest BCUT2D eigenvalue weighted by Gasteiger charge is -2.25. The molecule has 0 atom stereocenters. The summed E-state index contributed by atoms with van der Waals surface area (Å²) in [7, 11) is -3.97. The number of fused-ring (bicyclic) bond motifs is 1. The van der Waals surface area contributed by atoms with Crippen molar-refractivity contribution in [3.05, 3.63) is 84.6 Å². The molecule has 0 fully saturated rings. The number of hydrogen-bond donors (Lipinski definition) is 0. The van der Waals surface area contributed by atoms with Crippen LogP contribution >= 0.6 is 0 Å². The Morgan fingerprint density at radius 2 is 1.90 bits per heavy atom. The standard InChI is InChI=1S/C21H19FN4O3S/c1-2-29-19-8-6-18(7-9-19)26(13-16-4-3-5-17(22)12-16)30(27,28)20-10-11-21-24-23-15-25(21)14-20/h3-12,14-15H,2,13H2,1H3. The fourth-order valence-electron chi connectivity index (χ4n) is 3.08. The molecule has 2 aromatic heterocycles. The second-order valence-corrected chi connectivity index (χ2v) is 8.39. The van der Waals surface area contributed by atoms with E-state index in [9.17, 15) is 12.8 Å². The molecule has 9 heteroatoms. The molecule has 0 saturated carbocycles. The first-order chi connectivity index (χ1) is 14.5. The molecule has 2 heterocycles. The third-order valence-corrected chi connectivity index (χ3v) is 6.26. The van der Waals surface area contributed by atoms with Crippen molar-refractivity contribution in [3.8, 4) is 5.75 Å². The van der Waals surface area contributed by atoms with Crippen molar-refractivity contribution in [2.24, 2.45) is 0 Å². The van der Waals surface area contributed by atoms with Crippen molar-refractivity contribution >= 4 is 21.4 Å². The van der Waals surface area contributed by atoms with Crippen molar-refractivity contribution in [1.82, 2.24) is 14.6 Å². The van der Waals surface area contributed by atoms with Gasteiger partial charge in [0.1, 0.15) is 22.8 Å². The van der Waals surface area contributed by atoms with Crippen LogP contribution in [0.3, 0.4) is 0 Å². The highest BCUT2D eigenvalue weighted by Gasteiger charge is 2.26. The van der Waals surface area contributed by atoms with E-state index >= 15 is 0 Å². The van der Waals surface area contributed by atoms with E-state index in [0.29, 0.717) is 29.3 Å². The summed E-state index contributed by atoms with van der Waals surface area (Å²) in [5.41, 5.74) is 1.50. The number of nitrogens with zero attached hydrogens (tertiary/aromatic N) is 4. The van der Waals surface area contributed by atoms with Gasteiger partial charge in [-0.1, -0.05) is 12.1 Å². The fourth-order valence-corrected chi connectivity index (χ4v) is 4.54. The van der Waals surface area contributed by atoms with Gasteiger partial charge in [-0.05, 0) is 61.0 Å². The number of aromatic nitrogens is 3. The molecule has 4 rings (SSSR count). The molecule has 154 valence electrons. The Hall–Kier alpha value is -3.46. The molecular weight excluding hydrogens is 407 g/mol. The molecule has 0 amide bonds. The molecule has 0 aliphatic rings. The number of sulfonamides is 1. The number of ether oxygens (including phenoxy) is 1. The van der Waals surface area contributed by atoms with Crippen LogP contribution in [0, 0.1) is 5.82 Å². The second kappa shape index (κ2) is 8.11. The normalized spacial score (nSPS) is 11.5. The number of anilines is 1. The molecule has 0 unspecified atom stereocenters. The summed E-state index contributed by atoms with van der Waals surface area (Å²) in [5, 5.41) is 7.68. The van der Waals surface area contributed by atoms with Crippen LogP contribution < -0.4 is 9.04 Å². The smallest absolute Gasteiger partial charge is 0.266 e. The van der Waals surface area contributed by atoms with Gasteiger partial charge in [-0.3, -0.25) is 8.71 Å². The Morgan fingerprint density at radius 1 is 1.10 bits per heavy atom. The summed E-state index contributed by atoms with van der Waals surface area (Å²) in [6, 6.07) is 15.7. The van der Waals surface area contributed by atoms with Crippen molar-refractivity contribution in [2.75, 3.05) is 10.9 Å². The van der Waals surface area contributed by atoms with Gasteiger partial charge in [-0.25, -0.2) is 12.8 Å². The van der Waals surface area contributed by atoms with Crippen molar-refractivity contribution in [1.29, 1.82) is 0 Å². The average Bonchev–Trinajstić information content (AvgIpc) is 3.21. The largest absolute Gasteiger partial charge is 0.494 e. The maximum atomic E-state index is 13.7. The van der Waals surface area contributed by atoms with Crippen LogP contribution in [0.5, 0.6) is 5.75 Å². The Balaban J connectivity index is 1.78. The fraction of sp³-hybridized carbons (Fsp3) is 0.143. The van der Waals surface area contributed by atoms with E-state index in [1.165, 1.54) is 39.4 Å². The summed E-state index contributed by atoms with van der Waals surface area (Å²) in [4.78, 5) is 0.0695. The predicted molar refractivity (Wildman–Crippen MR) is 110 cm³/mol. The van der Waals surface area contributed by atoms with Gasteiger partial charge in [0.05, 0.1) is 18.8 Å². The minimum absolute atomic E-state index is 0.0334. The number of halogens is 1. The van der Waals surface area contributed by atoms with E-state index in [0.717, 1.165) is 0 Å². The quantitative estimate of drug-likeness (QED) is 0.451. The van der Waals surface area contributed by atoms with Gasteiger partial charge in [-0.15, -0.1) is 10.2 Å². The van der Waals surface area contributed by atoms with Crippen LogP contribution in [0.2, 0.25) is 0 Å². The van der Waals surface area contributed by atoms with Crippen LogP contribution in [-0.2, 0) is 16.6 Å². The lowest BCUT2D eigenvalue weighted by molar-refractivity contribution is 0.340. The molecule has 2 aromatic carbocycles. The second-order valence-electron chi connectivity index (χ2n) is 6.53. The summed E-state index contributed by atoms with van der Waals surface area (Å²) >= 11 is 0. The molecule has 0 bridgehead atoms. The van der Waals surface area contributed by atoms with Gasteiger partial charge < -0.3 is 4.74 Å². The Bertz CT molecular complexity index is 1270. The zero-order chi connectivity index (χ0) is 21.1. The molecule has 7 nitrogen and oxygen atoms in total. The van der Waals surface area contributed by atoms with Crippen molar-refractivity contribution in [2.45, 2.75) is 18.4 Å². The molecule has 0 saturated heterocycles. The first kappa shape index (κ1) is 19.8. The highest BCUT2D eigenvalue weighted by atomic mass is 32.2. The van der Waals surface area contributed by atoms with E-state index < -0.39 is 15.8 Å². The first-order valence-corrected chi connectivity index (χ1v) is 10.7. The zero-order valence-corrected chi connectivity index (χ0v) is 17.0. The lowest BCUT2D eigenvalue weighted by Crippen LogP contribution is -2.30. The van der Waals surface area contributed by atoms with E-state index in [2.05, 4.69) is 10.2 Å². The van der Waals surface area contributed by atoms with Crippen molar-refractivity contribution < 1.29 is 17.5 Å². The predicted octanol–water partition coefficient (Wildman–Crippen LogP) is 3.66. The monoisotopic (exact) mass is 426 g/mol. The minimum Gasteiger partial charge on any atom is -0.494 e. The van der Waals surface area contributed by atoms with Gasteiger partial charge in [0.15, 0.2) is 5.65 Å². The molecular formula is C21H19FN4O3S. The SMILES string of the molecule is CCOc1ccc(N(Cc2cccc(F)c2)S(=O)(=O)c2ccc3nncn3c2)cc1. The number of hydrogen-bond acceptors (Lipinski definition) is 5. The van der Waals surface area contributed by atoms with E-state index in [1.807, 2.05) is 6.92 Å². The third-order valence-electron chi connectivity index (χ3n) is 4.50. The third kappa shape index (κ3) is 3.97. The van der Waals surface area contributed by atoms with Gasteiger partial charge >= 0.3 is 0 Å². The summed E-state index contributed by atoms with van der Waals surface area (Å²) in [6.07, 6.45) is 2.89. The molecule has 0 radical (unpaired) electrons. The molecule has 30 heavy (non-hydrogen) atoms. The van der Waals surface area contributed by atoms with Crippen LogP contribution in [-0.4, -0.2) is 29.6 Å². The van der Waals surface area contributed by atoms with Gasteiger partial charge in [0.25, 0.3) is 10.0 Å². The van der Waals surface area contributed by atoms with Crippen LogP contribution in [0.4, 0.5) is 10.1 Å². The Labute approximate surface area is 173 Å². The van der Waals surface area contributed by atoms with Crippen LogP contribution in [0.15, 0.2) is 78.1 Å². The summed E-state index contributed by atoms with van der Waals surface area (Å²) < 4.78 is 49.0. The van der Waals surface area contributed by atoms with Gasteiger partial charge in [-0.2, -0.15) is 0 Å². The summed E-state index contributed by atoms with van der Waals surface area (Å²) in [5.74, 6) is 0.206. The highest BCUT2D eigenvalue weighted by Crippen LogP contribution is 2.28. The van der Waals surface area contributed by atoms with Gasteiger partial charge in [0.2, 0.25) is 0 Å². The minimum atomic E-state index is -3.97. The Morgan fingerprint density at radius 3 is 2.63 bits per heavy atom. The van der Waals surface area contributed by atoms with E-state index in [4.69, 9.17) is 4.74 Å². The topological polar surface area (TPSA) is 76.8 Å². The number of rotatable bonds is 7. The maximum Gasteiger partial charge on any atom is 0.266 e. The van der Waals surface area contributed by atoms with Gasteiger partial charge in [0, 0.05) is 6.20 Å². The molecule has 0 spiro atoms. The molecule has 0 aliphatic heterocycles. The highest BCUT2D eigenvalue weighted by molar-refractivity contribution is 7.92. The maximum absolute atomic E-state index is 13.7. The van der Waals surface area contributed by atoms with Crippen LogP contribution in [0.1, 0.15) is 12.5 Å². The molecule has 0 aliphatic carbocycles. The van der Waals surface area contributed by atoms with Crippen LogP contribution in [0.25, 0.3) is 5.65 Å². The average molecular weight is 426 g/mol. The number of pyridine rings is 1. The first-order valence-electron chi connectivity index (χ1n) is 9.27. The Kier molecular flexibility index (Phi) is 5.37. The molecule has 4 aromatic rings. The number of benzene rings is 2. The zero-order valence-electron chi connectivity index (χ0n) is 16.1. The molecule has 0 N–H and O–H groups in total.